The van der Waals surface area contributed by atoms with Crippen LogP contribution in [0.15, 0.2) is 49.1 Å². The molecule has 1 N–H and O–H groups in total. The fourth-order valence-electron chi connectivity index (χ4n) is 2.45. The molecular formula is C18H19N5O2. The summed E-state index contributed by atoms with van der Waals surface area (Å²) in [5, 5.41) is 7.02. The number of methoxy groups -OCH3 is 1. The Hall–Kier alpha value is -3.22. The Morgan fingerprint density at radius 2 is 2.04 bits per heavy atom. The van der Waals surface area contributed by atoms with Crippen molar-refractivity contribution in [3.05, 3.63) is 65.7 Å². The van der Waals surface area contributed by atoms with Crippen LogP contribution in [0, 0.1) is 0 Å². The lowest BCUT2D eigenvalue weighted by molar-refractivity contribution is 0.102. The van der Waals surface area contributed by atoms with Crippen LogP contribution in [0.4, 0.5) is 5.95 Å². The van der Waals surface area contributed by atoms with E-state index in [1.165, 1.54) is 0 Å². The monoisotopic (exact) mass is 337 g/mol. The summed E-state index contributed by atoms with van der Waals surface area (Å²) in [4.78, 5) is 20.6. The van der Waals surface area contributed by atoms with Gasteiger partial charge in [-0.25, -0.2) is 9.67 Å². The summed E-state index contributed by atoms with van der Waals surface area (Å²) in [6.45, 7) is 2.54. The van der Waals surface area contributed by atoms with Crippen molar-refractivity contribution in [1.82, 2.24) is 19.7 Å². The van der Waals surface area contributed by atoms with Crippen LogP contribution >= 0.6 is 0 Å². The number of anilines is 1. The molecule has 0 aliphatic carbocycles. The van der Waals surface area contributed by atoms with E-state index < -0.39 is 0 Å². The molecule has 2 heterocycles. The maximum absolute atomic E-state index is 12.4. The number of pyridine rings is 1. The van der Waals surface area contributed by atoms with Gasteiger partial charge in [-0.05, 0) is 35.7 Å². The molecule has 2 aromatic heterocycles. The summed E-state index contributed by atoms with van der Waals surface area (Å²) in [5.74, 6) is 0.846. The third-order valence-electron chi connectivity index (χ3n) is 3.79. The molecule has 0 fully saturated rings. The molecule has 0 atom stereocenters. The van der Waals surface area contributed by atoms with Gasteiger partial charge >= 0.3 is 0 Å². The zero-order valence-electron chi connectivity index (χ0n) is 14.1. The van der Waals surface area contributed by atoms with Crippen LogP contribution in [-0.2, 0) is 13.0 Å². The van der Waals surface area contributed by atoms with Crippen LogP contribution in [0.5, 0.6) is 5.75 Å². The summed E-state index contributed by atoms with van der Waals surface area (Å²) < 4.78 is 6.81. The van der Waals surface area contributed by atoms with E-state index in [2.05, 4.69) is 20.4 Å². The third kappa shape index (κ3) is 4.00. The fraction of sp³-hybridized carbons (Fsp3) is 0.222. The number of amides is 1. The molecule has 0 unspecified atom stereocenters. The molecule has 1 amide bonds. The second-order valence-electron chi connectivity index (χ2n) is 5.45. The summed E-state index contributed by atoms with van der Waals surface area (Å²) in [6, 6.07) is 9.41. The Morgan fingerprint density at radius 1 is 1.24 bits per heavy atom. The van der Waals surface area contributed by atoms with Gasteiger partial charge in [0.15, 0.2) is 0 Å². The minimum absolute atomic E-state index is 0.235. The van der Waals surface area contributed by atoms with Gasteiger partial charge < -0.3 is 4.74 Å². The highest BCUT2D eigenvalue weighted by atomic mass is 16.5. The topological polar surface area (TPSA) is 81.9 Å². The number of carbonyl (C=O) groups is 1. The first-order valence-corrected chi connectivity index (χ1v) is 7.96. The molecular weight excluding hydrogens is 318 g/mol. The van der Waals surface area contributed by atoms with Crippen molar-refractivity contribution < 1.29 is 9.53 Å². The first-order chi connectivity index (χ1) is 12.2. The molecule has 1 aromatic carbocycles. The molecule has 3 aromatic rings. The molecule has 0 radical (unpaired) electrons. The lowest BCUT2D eigenvalue weighted by Gasteiger charge is -2.06. The molecule has 7 nitrogen and oxygen atoms in total. The van der Waals surface area contributed by atoms with Gasteiger partial charge in [0.1, 0.15) is 12.1 Å². The van der Waals surface area contributed by atoms with Crippen molar-refractivity contribution >= 4 is 11.9 Å². The number of benzene rings is 1. The SMILES string of the molecule is CCc1cnccc1C(=O)Nc1ncn(Cc2ccc(OC)cc2)n1. The van der Waals surface area contributed by atoms with E-state index in [1.54, 1.807) is 36.6 Å². The van der Waals surface area contributed by atoms with E-state index in [1.807, 2.05) is 31.2 Å². The first-order valence-electron chi connectivity index (χ1n) is 7.96. The lowest BCUT2D eigenvalue weighted by atomic mass is 10.1. The largest absolute Gasteiger partial charge is 0.497 e. The number of nitrogens with zero attached hydrogens (tertiary/aromatic N) is 4. The van der Waals surface area contributed by atoms with Crippen LogP contribution in [-0.4, -0.2) is 32.8 Å². The molecule has 0 aliphatic heterocycles. The third-order valence-corrected chi connectivity index (χ3v) is 3.79. The van der Waals surface area contributed by atoms with E-state index >= 15 is 0 Å². The highest BCUT2D eigenvalue weighted by molar-refractivity contribution is 6.04. The average Bonchev–Trinajstić information content (AvgIpc) is 3.09. The van der Waals surface area contributed by atoms with Gasteiger partial charge in [-0.2, -0.15) is 0 Å². The molecule has 7 heteroatoms. The maximum atomic E-state index is 12.4. The number of hydrogen-bond acceptors (Lipinski definition) is 5. The second-order valence-corrected chi connectivity index (χ2v) is 5.45. The molecule has 0 bridgehead atoms. The Bertz CT molecular complexity index is 858. The van der Waals surface area contributed by atoms with Crippen molar-refractivity contribution in [2.45, 2.75) is 19.9 Å². The van der Waals surface area contributed by atoms with E-state index in [0.29, 0.717) is 12.1 Å². The lowest BCUT2D eigenvalue weighted by Crippen LogP contribution is -2.15. The van der Waals surface area contributed by atoms with Gasteiger partial charge in [-0.15, -0.1) is 5.10 Å². The zero-order chi connectivity index (χ0) is 17.6. The highest BCUT2D eigenvalue weighted by Gasteiger charge is 2.12. The predicted octanol–water partition coefficient (Wildman–Crippen LogP) is 2.54. The van der Waals surface area contributed by atoms with Gasteiger partial charge in [-0.3, -0.25) is 15.1 Å². The number of ether oxygens (including phenoxy) is 1. The Balaban J connectivity index is 1.67. The predicted molar refractivity (Wildman–Crippen MR) is 93.7 cm³/mol. The Labute approximate surface area is 145 Å². The van der Waals surface area contributed by atoms with Gasteiger partial charge in [0, 0.05) is 18.0 Å². The fourth-order valence-corrected chi connectivity index (χ4v) is 2.45. The normalized spacial score (nSPS) is 10.5. The number of hydrogen-bond donors (Lipinski definition) is 1. The first kappa shape index (κ1) is 16.6. The summed E-state index contributed by atoms with van der Waals surface area (Å²) in [5.41, 5.74) is 2.53. The quantitative estimate of drug-likeness (QED) is 0.747. The van der Waals surface area contributed by atoms with Crippen LogP contribution in [0.1, 0.15) is 28.4 Å². The summed E-state index contributed by atoms with van der Waals surface area (Å²) in [6.07, 6.45) is 5.62. The number of rotatable bonds is 6. The Morgan fingerprint density at radius 3 is 2.76 bits per heavy atom. The van der Waals surface area contributed by atoms with E-state index in [0.717, 1.165) is 23.3 Å². The van der Waals surface area contributed by atoms with E-state index in [9.17, 15) is 4.79 Å². The van der Waals surface area contributed by atoms with Crippen molar-refractivity contribution in [1.29, 1.82) is 0 Å². The number of nitrogens with one attached hydrogen (secondary N) is 1. The molecule has 0 spiro atoms. The van der Waals surface area contributed by atoms with Crippen LogP contribution in [0.2, 0.25) is 0 Å². The van der Waals surface area contributed by atoms with Gasteiger partial charge in [0.05, 0.1) is 13.7 Å². The van der Waals surface area contributed by atoms with Gasteiger partial charge in [-0.1, -0.05) is 19.1 Å². The van der Waals surface area contributed by atoms with Gasteiger partial charge in [0.25, 0.3) is 5.91 Å². The van der Waals surface area contributed by atoms with Crippen molar-refractivity contribution in [2.24, 2.45) is 0 Å². The standard InChI is InChI=1S/C18H19N5O2/c1-3-14-10-19-9-8-16(14)17(24)21-18-20-12-23(22-18)11-13-4-6-15(25-2)7-5-13/h4-10,12H,3,11H2,1-2H3,(H,21,22,24). The minimum Gasteiger partial charge on any atom is -0.497 e. The Kier molecular flexibility index (Phi) is 5.03. The van der Waals surface area contributed by atoms with E-state index in [-0.39, 0.29) is 11.9 Å². The highest BCUT2D eigenvalue weighted by Crippen LogP contribution is 2.13. The van der Waals surface area contributed by atoms with Crippen LogP contribution in [0.3, 0.4) is 0 Å². The maximum Gasteiger partial charge on any atom is 0.258 e. The zero-order valence-corrected chi connectivity index (χ0v) is 14.1. The van der Waals surface area contributed by atoms with E-state index in [4.69, 9.17) is 4.74 Å². The molecule has 0 saturated heterocycles. The summed E-state index contributed by atoms with van der Waals surface area (Å²) >= 11 is 0. The smallest absolute Gasteiger partial charge is 0.258 e. The number of carbonyl (C=O) groups excluding carboxylic acids is 1. The molecule has 3 rings (SSSR count). The van der Waals surface area contributed by atoms with Crippen molar-refractivity contribution in [3.63, 3.8) is 0 Å². The van der Waals surface area contributed by atoms with Crippen LogP contribution < -0.4 is 10.1 Å². The minimum atomic E-state index is -0.235. The van der Waals surface area contributed by atoms with Gasteiger partial charge in [0.2, 0.25) is 5.95 Å². The second kappa shape index (κ2) is 7.57. The number of aryl methyl sites for hydroxylation is 1. The molecule has 0 aliphatic rings. The molecule has 25 heavy (non-hydrogen) atoms. The molecule has 128 valence electrons. The number of aromatic nitrogens is 4. The molecule has 0 saturated carbocycles. The average molecular weight is 337 g/mol. The van der Waals surface area contributed by atoms with Crippen LogP contribution in [0.25, 0.3) is 0 Å². The van der Waals surface area contributed by atoms with Crippen molar-refractivity contribution in [2.75, 3.05) is 12.4 Å². The summed E-state index contributed by atoms with van der Waals surface area (Å²) in [7, 11) is 1.63. The van der Waals surface area contributed by atoms with Crippen molar-refractivity contribution in [3.8, 4) is 5.75 Å².